The van der Waals surface area contributed by atoms with Gasteiger partial charge >= 0.3 is 5.97 Å². The quantitative estimate of drug-likeness (QED) is 0.510. The average Bonchev–Trinajstić information content (AvgIpc) is 2.45. The summed E-state index contributed by atoms with van der Waals surface area (Å²) in [4.78, 5) is 22.7. The number of carbonyl (C=O) groups excluding carboxylic acids is 2. The molecule has 4 nitrogen and oxygen atoms in total. The number of ether oxygens (including phenoxy) is 2. The van der Waals surface area contributed by atoms with Crippen molar-refractivity contribution in [1.82, 2.24) is 0 Å². The van der Waals surface area contributed by atoms with Crippen molar-refractivity contribution in [3.63, 3.8) is 0 Å². The number of hydrogen-bond donors (Lipinski definition) is 0. The van der Waals surface area contributed by atoms with E-state index in [0.717, 1.165) is 25.7 Å². The Balaban J connectivity index is 2.15. The molecule has 0 aliphatic heterocycles. The molecule has 1 rings (SSSR count). The predicted molar refractivity (Wildman–Crippen MR) is 81.9 cm³/mol. The summed E-state index contributed by atoms with van der Waals surface area (Å²) >= 11 is 0. The van der Waals surface area contributed by atoms with E-state index in [1.54, 1.807) is 13.8 Å². The topological polar surface area (TPSA) is 52.6 Å². The Morgan fingerprint density at radius 3 is 1.95 bits per heavy atom. The standard InChI is InChI=1S/C17H26O4/c1-12(2)16(18)11-20-9-14-5-7-15(8-6-14)10-21-17(19)13(3)4/h14-15H,1,3,5-11H2,2,4H3. The summed E-state index contributed by atoms with van der Waals surface area (Å²) in [5.41, 5.74) is 0.984. The zero-order valence-corrected chi connectivity index (χ0v) is 13.2. The Morgan fingerprint density at radius 2 is 1.48 bits per heavy atom. The van der Waals surface area contributed by atoms with Crippen molar-refractivity contribution < 1.29 is 19.1 Å². The van der Waals surface area contributed by atoms with Gasteiger partial charge < -0.3 is 9.47 Å². The Labute approximate surface area is 127 Å². The van der Waals surface area contributed by atoms with Crippen molar-refractivity contribution >= 4 is 11.8 Å². The van der Waals surface area contributed by atoms with E-state index < -0.39 is 0 Å². The number of carbonyl (C=O) groups is 2. The van der Waals surface area contributed by atoms with Gasteiger partial charge in [0, 0.05) is 5.57 Å². The van der Waals surface area contributed by atoms with Crippen LogP contribution in [-0.4, -0.2) is 31.6 Å². The highest BCUT2D eigenvalue weighted by molar-refractivity contribution is 5.95. The molecule has 21 heavy (non-hydrogen) atoms. The summed E-state index contributed by atoms with van der Waals surface area (Å²) in [7, 11) is 0. The van der Waals surface area contributed by atoms with Crippen LogP contribution in [0.2, 0.25) is 0 Å². The number of rotatable bonds is 8. The summed E-state index contributed by atoms with van der Waals surface area (Å²) in [5, 5.41) is 0. The highest BCUT2D eigenvalue weighted by atomic mass is 16.5. The van der Waals surface area contributed by atoms with Gasteiger partial charge in [-0.05, 0) is 56.9 Å². The fourth-order valence-electron chi connectivity index (χ4n) is 2.32. The van der Waals surface area contributed by atoms with Crippen LogP contribution < -0.4 is 0 Å². The van der Waals surface area contributed by atoms with Gasteiger partial charge in [0.1, 0.15) is 6.61 Å². The van der Waals surface area contributed by atoms with E-state index in [2.05, 4.69) is 13.2 Å². The van der Waals surface area contributed by atoms with Gasteiger partial charge in [-0.3, -0.25) is 4.79 Å². The fraction of sp³-hybridized carbons (Fsp3) is 0.647. The molecule has 4 heteroatoms. The lowest BCUT2D eigenvalue weighted by atomic mass is 9.83. The summed E-state index contributed by atoms with van der Waals surface area (Å²) in [6, 6.07) is 0. The lowest BCUT2D eigenvalue weighted by molar-refractivity contribution is -0.140. The largest absolute Gasteiger partial charge is 0.462 e. The molecule has 0 radical (unpaired) electrons. The maximum absolute atomic E-state index is 11.4. The van der Waals surface area contributed by atoms with Crippen LogP contribution in [0.3, 0.4) is 0 Å². The molecule has 1 fully saturated rings. The molecule has 0 aromatic rings. The van der Waals surface area contributed by atoms with Gasteiger partial charge in [-0.1, -0.05) is 13.2 Å². The molecule has 0 aromatic carbocycles. The molecule has 0 heterocycles. The van der Waals surface area contributed by atoms with E-state index in [-0.39, 0.29) is 18.4 Å². The molecule has 0 unspecified atom stereocenters. The van der Waals surface area contributed by atoms with Crippen LogP contribution >= 0.6 is 0 Å². The molecule has 0 spiro atoms. The lowest BCUT2D eigenvalue weighted by Crippen LogP contribution is -2.24. The van der Waals surface area contributed by atoms with Crippen LogP contribution in [0, 0.1) is 11.8 Å². The van der Waals surface area contributed by atoms with Gasteiger partial charge in [0.25, 0.3) is 0 Å². The maximum atomic E-state index is 11.4. The molecule has 0 bridgehead atoms. The molecule has 0 atom stereocenters. The van der Waals surface area contributed by atoms with Crippen LogP contribution in [0.25, 0.3) is 0 Å². The number of ketones is 1. The lowest BCUT2D eigenvalue weighted by Gasteiger charge is -2.28. The first-order valence-electron chi connectivity index (χ1n) is 7.49. The molecule has 1 aliphatic carbocycles. The van der Waals surface area contributed by atoms with E-state index in [4.69, 9.17) is 9.47 Å². The first kappa shape index (κ1) is 17.6. The predicted octanol–water partition coefficient (Wildman–Crippen LogP) is 3.07. The summed E-state index contributed by atoms with van der Waals surface area (Å²) in [6.07, 6.45) is 4.17. The van der Waals surface area contributed by atoms with Gasteiger partial charge in [-0.15, -0.1) is 0 Å². The molecule has 0 amide bonds. The second kappa shape index (κ2) is 8.78. The number of hydrogen-bond acceptors (Lipinski definition) is 4. The second-order valence-corrected chi connectivity index (χ2v) is 5.98. The van der Waals surface area contributed by atoms with Gasteiger partial charge in [-0.2, -0.15) is 0 Å². The SMILES string of the molecule is C=C(C)C(=O)COCC1CCC(COC(=O)C(=C)C)CC1. The highest BCUT2D eigenvalue weighted by Gasteiger charge is 2.22. The Morgan fingerprint density at radius 1 is 0.952 bits per heavy atom. The molecule has 0 N–H and O–H groups in total. The van der Waals surface area contributed by atoms with Crippen LogP contribution in [-0.2, 0) is 19.1 Å². The third kappa shape index (κ3) is 6.71. The van der Waals surface area contributed by atoms with Crippen molar-refractivity contribution in [2.45, 2.75) is 39.5 Å². The zero-order chi connectivity index (χ0) is 15.8. The third-order valence-corrected chi connectivity index (χ3v) is 3.83. The number of Topliss-reactive ketones (excluding diaryl/α,β-unsaturated/α-hetero) is 1. The van der Waals surface area contributed by atoms with E-state index in [9.17, 15) is 9.59 Å². The Kier molecular flexibility index (Phi) is 7.37. The highest BCUT2D eigenvalue weighted by Crippen LogP contribution is 2.29. The molecule has 1 saturated carbocycles. The summed E-state index contributed by atoms with van der Waals surface area (Å²) < 4.78 is 10.6. The van der Waals surface area contributed by atoms with E-state index >= 15 is 0 Å². The van der Waals surface area contributed by atoms with E-state index in [0.29, 0.717) is 36.2 Å². The van der Waals surface area contributed by atoms with Crippen LogP contribution in [0.5, 0.6) is 0 Å². The first-order chi connectivity index (χ1) is 9.90. The molecule has 0 saturated heterocycles. The molecule has 0 aromatic heterocycles. The Bertz CT molecular complexity index is 403. The van der Waals surface area contributed by atoms with Gasteiger partial charge in [0.15, 0.2) is 5.78 Å². The number of esters is 1. The van der Waals surface area contributed by atoms with Crippen molar-refractivity contribution in [2.75, 3.05) is 19.8 Å². The zero-order valence-electron chi connectivity index (χ0n) is 13.2. The minimum Gasteiger partial charge on any atom is -0.462 e. The van der Waals surface area contributed by atoms with Crippen molar-refractivity contribution in [1.29, 1.82) is 0 Å². The second-order valence-electron chi connectivity index (χ2n) is 5.98. The summed E-state index contributed by atoms with van der Waals surface area (Å²) in [5.74, 6) is 0.590. The molecular weight excluding hydrogens is 268 g/mol. The maximum Gasteiger partial charge on any atom is 0.333 e. The molecule has 1 aliphatic rings. The van der Waals surface area contributed by atoms with Crippen LogP contribution in [0.1, 0.15) is 39.5 Å². The fourth-order valence-corrected chi connectivity index (χ4v) is 2.32. The minimum atomic E-state index is -0.307. The van der Waals surface area contributed by atoms with Crippen LogP contribution in [0.4, 0.5) is 0 Å². The van der Waals surface area contributed by atoms with E-state index in [1.165, 1.54) is 0 Å². The average molecular weight is 294 g/mol. The third-order valence-electron chi connectivity index (χ3n) is 3.83. The smallest absolute Gasteiger partial charge is 0.333 e. The van der Waals surface area contributed by atoms with Crippen molar-refractivity contribution in [3.8, 4) is 0 Å². The van der Waals surface area contributed by atoms with Crippen molar-refractivity contribution in [2.24, 2.45) is 11.8 Å². The van der Waals surface area contributed by atoms with E-state index in [1.807, 2.05) is 0 Å². The molecule has 118 valence electrons. The minimum absolute atomic E-state index is 0.0320. The monoisotopic (exact) mass is 294 g/mol. The van der Waals surface area contributed by atoms with Crippen molar-refractivity contribution in [3.05, 3.63) is 24.3 Å². The summed E-state index contributed by atoms with van der Waals surface area (Å²) in [6.45, 7) is 11.8. The molecular formula is C17H26O4. The van der Waals surface area contributed by atoms with Gasteiger partial charge in [0.2, 0.25) is 0 Å². The van der Waals surface area contributed by atoms with Gasteiger partial charge in [-0.25, -0.2) is 4.79 Å². The first-order valence-corrected chi connectivity index (χ1v) is 7.49. The Hall–Kier alpha value is -1.42. The van der Waals surface area contributed by atoms with Crippen LogP contribution in [0.15, 0.2) is 24.3 Å². The van der Waals surface area contributed by atoms with Gasteiger partial charge in [0.05, 0.1) is 13.2 Å². The normalized spacial score (nSPS) is 21.6.